The summed E-state index contributed by atoms with van der Waals surface area (Å²) in [4.78, 5) is 0. The van der Waals surface area contributed by atoms with Crippen molar-refractivity contribution in [2.75, 3.05) is 0 Å². The lowest BCUT2D eigenvalue weighted by Crippen LogP contribution is -2.30. The van der Waals surface area contributed by atoms with Gasteiger partial charge in [-0.2, -0.15) is 0 Å². The summed E-state index contributed by atoms with van der Waals surface area (Å²) in [6, 6.07) is 9.73. The highest BCUT2D eigenvalue weighted by atomic mass is 35.5. The van der Waals surface area contributed by atoms with Crippen molar-refractivity contribution >= 4 is 11.6 Å². The minimum atomic E-state index is -0.482. The van der Waals surface area contributed by atoms with Gasteiger partial charge in [-0.15, -0.1) is 6.58 Å². The van der Waals surface area contributed by atoms with Crippen LogP contribution in [-0.4, -0.2) is 0 Å². The van der Waals surface area contributed by atoms with Crippen LogP contribution in [0, 0.1) is 29.4 Å². The Morgan fingerprint density at radius 2 is 1.52 bits per heavy atom. The molecule has 4 rings (SSSR count). The van der Waals surface area contributed by atoms with Crippen molar-refractivity contribution in [2.45, 2.75) is 44.4 Å². The molecule has 0 N–H and O–H groups in total. The molecule has 0 radical (unpaired) electrons. The maximum Gasteiger partial charge on any atom is 0.134 e. The van der Waals surface area contributed by atoms with E-state index in [1.54, 1.807) is 36.4 Å². The van der Waals surface area contributed by atoms with Gasteiger partial charge in [0.25, 0.3) is 0 Å². The summed E-state index contributed by atoms with van der Waals surface area (Å²) in [6.45, 7) is 3.95. The van der Waals surface area contributed by atoms with E-state index in [2.05, 4.69) is 12.7 Å². The number of allylic oxidation sites excluding steroid dienone is 1. The first-order valence-corrected chi connectivity index (χ1v) is 10.3. The molecular formula is C24H25ClF2. The number of fused-ring (bicyclic) bond motifs is 1. The van der Waals surface area contributed by atoms with Gasteiger partial charge in [-0.05, 0) is 97.6 Å². The van der Waals surface area contributed by atoms with Crippen molar-refractivity contribution in [1.82, 2.24) is 0 Å². The number of benzene rings is 2. The van der Waals surface area contributed by atoms with E-state index < -0.39 is 11.6 Å². The summed E-state index contributed by atoms with van der Waals surface area (Å²) < 4.78 is 29.6. The third-order valence-electron chi connectivity index (χ3n) is 6.66. The quantitative estimate of drug-likeness (QED) is 0.472. The minimum Gasteiger partial charge on any atom is -0.206 e. The van der Waals surface area contributed by atoms with E-state index >= 15 is 0 Å². The van der Waals surface area contributed by atoms with Crippen LogP contribution in [0.15, 0.2) is 49.1 Å². The Kier molecular flexibility index (Phi) is 5.36. The van der Waals surface area contributed by atoms with E-state index in [0.717, 1.165) is 30.7 Å². The first-order valence-electron chi connectivity index (χ1n) is 9.92. The van der Waals surface area contributed by atoms with Crippen LogP contribution in [0.4, 0.5) is 8.78 Å². The molecule has 4 unspecified atom stereocenters. The van der Waals surface area contributed by atoms with Crippen molar-refractivity contribution in [2.24, 2.45) is 17.8 Å². The number of hydrogen-bond acceptors (Lipinski definition) is 0. The van der Waals surface area contributed by atoms with Gasteiger partial charge in [0, 0.05) is 5.02 Å². The largest absolute Gasteiger partial charge is 0.206 e. The van der Waals surface area contributed by atoms with Crippen LogP contribution < -0.4 is 0 Å². The Morgan fingerprint density at radius 1 is 0.889 bits per heavy atom. The summed E-state index contributed by atoms with van der Waals surface area (Å²) in [5.41, 5.74) is 1.37. The van der Waals surface area contributed by atoms with Gasteiger partial charge < -0.3 is 0 Å². The maximum atomic E-state index is 14.8. The average Bonchev–Trinajstić information content (AvgIpc) is 2.68. The molecule has 0 heterocycles. The molecule has 2 aliphatic carbocycles. The number of rotatable bonds is 3. The first-order chi connectivity index (χ1) is 13.0. The predicted octanol–water partition coefficient (Wildman–Crippen LogP) is 7.77. The molecule has 142 valence electrons. The van der Waals surface area contributed by atoms with Crippen LogP contribution in [-0.2, 0) is 0 Å². The van der Waals surface area contributed by atoms with E-state index in [1.165, 1.54) is 19.3 Å². The molecule has 0 saturated heterocycles. The Morgan fingerprint density at radius 3 is 2.19 bits per heavy atom. The zero-order valence-electron chi connectivity index (χ0n) is 15.4. The van der Waals surface area contributed by atoms with Crippen LogP contribution in [0.25, 0.3) is 11.1 Å². The van der Waals surface area contributed by atoms with Gasteiger partial charge in [0.05, 0.1) is 5.56 Å². The molecule has 2 fully saturated rings. The van der Waals surface area contributed by atoms with Gasteiger partial charge in [0.1, 0.15) is 11.6 Å². The van der Waals surface area contributed by atoms with Crippen molar-refractivity contribution in [3.8, 4) is 11.1 Å². The van der Waals surface area contributed by atoms with Crippen molar-refractivity contribution in [1.29, 1.82) is 0 Å². The molecular weight excluding hydrogens is 362 g/mol. The van der Waals surface area contributed by atoms with Crippen molar-refractivity contribution in [3.05, 3.63) is 71.3 Å². The van der Waals surface area contributed by atoms with Gasteiger partial charge >= 0.3 is 0 Å². The van der Waals surface area contributed by atoms with Gasteiger partial charge in [-0.3, -0.25) is 0 Å². The molecule has 2 saturated carbocycles. The van der Waals surface area contributed by atoms with Gasteiger partial charge in [0.2, 0.25) is 0 Å². The van der Waals surface area contributed by atoms with Crippen molar-refractivity contribution in [3.63, 3.8) is 0 Å². The molecule has 0 bridgehead atoms. The van der Waals surface area contributed by atoms with E-state index in [0.29, 0.717) is 22.4 Å². The fourth-order valence-corrected chi connectivity index (χ4v) is 5.29. The molecule has 2 aromatic rings. The topological polar surface area (TPSA) is 0 Å². The highest BCUT2D eigenvalue weighted by Gasteiger charge is 2.35. The molecule has 0 spiro atoms. The fraction of sp³-hybridized carbons (Fsp3) is 0.417. The molecule has 0 aliphatic heterocycles. The van der Waals surface area contributed by atoms with Crippen molar-refractivity contribution < 1.29 is 8.78 Å². The zero-order chi connectivity index (χ0) is 19.0. The fourth-order valence-electron chi connectivity index (χ4n) is 5.16. The summed E-state index contributed by atoms with van der Waals surface area (Å²) >= 11 is 5.89. The van der Waals surface area contributed by atoms with Crippen LogP contribution >= 0.6 is 11.6 Å². The molecule has 3 heteroatoms. The molecule has 4 atom stereocenters. The van der Waals surface area contributed by atoms with Crippen LogP contribution in [0.2, 0.25) is 5.02 Å². The van der Waals surface area contributed by atoms with E-state index in [4.69, 9.17) is 11.6 Å². The Balaban J connectivity index is 1.55. The average molecular weight is 387 g/mol. The maximum absolute atomic E-state index is 14.8. The number of hydrogen-bond donors (Lipinski definition) is 0. The number of halogens is 3. The SMILES string of the molecule is C=CC1CCC2CC(c3cc(F)c(-c4ccc(Cl)cc4)c(F)c3)CCC2C1. The zero-order valence-corrected chi connectivity index (χ0v) is 16.2. The lowest BCUT2D eigenvalue weighted by Gasteiger charge is -2.41. The second kappa shape index (κ2) is 7.75. The highest BCUT2D eigenvalue weighted by Crippen LogP contribution is 2.48. The highest BCUT2D eigenvalue weighted by molar-refractivity contribution is 6.30. The predicted molar refractivity (Wildman–Crippen MR) is 108 cm³/mol. The smallest absolute Gasteiger partial charge is 0.134 e. The molecule has 0 aromatic heterocycles. The normalized spacial score (nSPS) is 27.8. The molecule has 27 heavy (non-hydrogen) atoms. The molecule has 2 aromatic carbocycles. The Labute approximate surface area is 165 Å². The Bertz CT molecular complexity index is 804. The first kappa shape index (κ1) is 18.7. The third kappa shape index (κ3) is 3.82. The van der Waals surface area contributed by atoms with E-state index in [9.17, 15) is 8.78 Å². The van der Waals surface area contributed by atoms with Gasteiger partial charge in [-0.1, -0.05) is 29.8 Å². The van der Waals surface area contributed by atoms with E-state index in [-0.39, 0.29) is 11.5 Å². The van der Waals surface area contributed by atoms with Crippen LogP contribution in [0.5, 0.6) is 0 Å². The summed E-state index contributed by atoms with van der Waals surface area (Å²) in [6.07, 6.45) is 8.97. The summed E-state index contributed by atoms with van der Waals surface area (Å²) in [5, 5.41) is 0.555. The summed E-state index contributed by atoms with van der Waals surface area (Å²) in [7, 11) is 0. The lowest BCUT2D eigenvalue weighted by atomic mass is 9.64. The lowest BCUT2D eigenvalue weighted by molar-refractivity contribution is 0.133. The summed E-state index contributed by atoms with van der Waals surface area (Å²) in [5.74, 6) is 1.38. The van der Waals surface area contributed by atoms with E-state index in [1.807, 2.05) is 0 Å². The monoisotopic (exact) mass is 386 g/mol. The molecule has 2 aliphatic rings. The molecule has 0 amide bonds. The van der Waals surface area contributed by atoms with Gasteiger partial charge in [0.15, 0.2) is 0 Å². The third-order valence-corrected chi connectivity index (χ3v) is 6.91. The molecule has 0 nitrogen and oxygen atoms in total. The van der Waals surface area contributed by atoms with Gasteiger partial charge in [-0.25, -0.2) is 8.78 Å². The standard InChI is InChI=1S/C24H25ClF2/c1-2-15-3-4-18-12-19(6-5-17(18)11-15)20-13-22(26)24(23(27)14-20)16-7-9-21(25)10-8-16/h2,7-10,13-15,17-19H,1,3-6,11-12H2. The minimum absolute atomic E-state index is 0.0376. The van der Waals surface area contributed by atoms with Crippen LogP contribution in [0.1, 0.15) is 50.0 Å². The van der Waals surface area contributed by atoms with Crippen LogP contribution in [0.3, 0.4) is 0 Å². The Hall–Kier alpha value is -1.67. The second-order valence-corrected chi connectivity index (χ2v) is 8.64. The second-order valence-electron chi connectivity index (χ2n) is 8.21.